The summed E-state index contributed by atoms with van der Waals surface area (Å²) in [4.78, 5) is 8.17. The van der Waals surface area contributed by atoms with E-state index in [1.54, 1.807) is 36.2 Å². The number of nitrogens with zero attached hydrogens (tertiary/aromatic N) is 5. The molecule has 7 nitrogen and oxygen atoms in total. The standard InChI is InChI=1S/C19H17F2N5O2/c1-28-14-3-5-17-18(7-14)25(12-23-17)8-19(27,9-26-11-22-10-24-26)15-4-2-13(20)6-16(15)21/h2-7,10-12,27H,8-9H2,1H3. The van der Waals surface area contributed by atoms with Gasteiger partial charge in [-0.05, 0) is 18.2 Å². The van der Waals surface area contributed by atoms with E-state index in [1.807, 2.05) is 0 Å². The highest BCUT2D eigenvalue weighted by Crippen LogP contribution is 2.30. The zero-order valence-electron chi connectivity index (χ0n) is 15.0. The van der Waals surface area contributed by atoms with Crippen LogP contribution in [-0.2, 0) is 18.7 Å². The number of benzene rings is 2. The van der Waals surface area contributed by atoms with Crippen molar-refractivity contribution in [3.05, 3.63) is 72.6 Å². The van der Waals surface area contributed by atoms with Crippen LogP contribution in [0.4, 0.5) is 8.78 Å². The van der Waals surface area contributed by atoms with Crippen LogP contribution in [0, 0.1) is 11.6 Å². The van der Waals surface area contributed by atoms with E-state index >= 15 is 0 Å². The first-order valence-electron chi connectivity index (χ1n) is 8.48. The van der Waals surface area contributed by atoms with Crippen molar-refractivity contribution in [3.8, 4) is 5.75 Å². The number of rotatable bonds is 6. The predicted molar refractivity (Wildman–Crippen MR) is 96.6 cm³/mol. The van der Waals surface area contributed by atoms with Crippen LogP contribution in [0.25, 0.3) is 11.0 Å². The van der Waals surface area contributed by atoms with Crippen LogP contribution in [0.3, 0.4) is 0 Å². The Morgan fingerprint density at radius 1 is 1.11 bits per heavy atom. The Morgan fingerprint density at radius 3 is 2.68 bits per heavy atom. The highest BCUT2D eigenvalue weighted by atomic mass is 19.1. The number of fused-ring (bicyclic) bond motifs is 1. The molecule has 4 aromatic rings. The number of aromatic nitrogens is 5. The molecular weight excluding hydrogens is 368 g/mol. The summed E-state index contributed by atoms with van der Waals surface area (Å²) in [6.45, 7) is -0.127. The lowest BCUT2D eigenvalue weighted by Gasteiger charge is -2.29. The van der Waals surface area contributed by atoms with Gasteiger partial charge in [0.05, 0.1) is 37.6 Å². The van der Waals surface area contributed by atoms with Gasteiger partial charge in [0.1, 0.15) is 35.6 Å². The summed E-state index contributed by atoms with van der Waals surface area (Å²) in [5.74, 6) is -0.936. The highest BCUT2D eigenvalue weighted by molar-refractivity contribution is 5.77. The van der Waals surface area contributed by atoms with Crippen LogP contribution in [0.1, 0.15) is 5.56 Å². The molecule has 0 saturated carbocycles. The lowest BCUT2D eigenvalue weighted by atomic mass is 9.92. The van der Waals surface area contributed by atoms with Crippen molar-refractivity contribution in [3.63, 3.8) is 0 Å². The summed E-state index contributed by atoms with van der Waals surface area (Å²) in [6.07, 6.45) is 4.29. The third kappa shape index (κ3) is 3.31. The van der Waals surface area contributed by atoms with Gasteiger partial charge in [-0.3, -0.25) is 0 Å². The summed E-state index contributed by atoms with van der Waals surface area (Å²) < 4.78 is 36.3. The fraction of sp³-hybridized carbons (Fsp3) is 0.211. The van der Waals surface area contributed by atoms with Crippen molar-refractivity contribution in [1.29, 1.82) is 0 Å². The number of methoxy groups -OCH3 is 1. The van der Waals surface area contributed by atoms with E-state index in [0.29, 0.717) is 16.8 Å². The molecular formula is C19H17F2N5O2. The lowest BCUT2D eigenvalue weighted by Crippen LogP contribution is -2.37. The molecule has 0 amide bonds. The summed E-state index contributed by atoms with van der Waals surface area (Å²) in [7, 11) is 1.55. The largest absolute Gasteiger partial charge is 0.497 e. The third-order valence-corrected chi connectivity index (χ3v) is 4.58. The number of ether oxygens (including phenoxy) is 1. The average molecular weight is 385 g/mol. The zero-order chi connectivity index (χ0) is 19.7. The molecule has 0 aliphatic rings. The van der Waals surface area contributed by atoms with Crippen molar-refractivity contribution in [2.24, 2.45) is 0 Å². The van der Waals surface area contributed by atoms with Crippen LogP contribution in [0.5, 0.6) is 5.75 Å². The van der Waals surface area contributed by atoms with Crippen molar-refractivity contribution in [1.82, 2.24) is 24.3 Å². The molecule has 0 saturated heterocycles. The van der Waals surface area contributed by atoms with Gasteiger partial charge in [0.15, 0.2) is 0 Å². The maximum atomic E-state index is 14.5. The molecule has 1 N–H and O–H groups in total. The Hall–Kier alpha value is -3.33. The SMILES string of the molecule is COc1ccc2ncn(CC(O)(Cn3cncn3)c3ccc(F)cc3F)c2c1. The summed E-state index contributed by atoms with van der Waals surface area (Å²) in [5.41, 5.74) is -0.376. The monoisotopic (exact) mass is 385 g/mol. The molecule has 1 atom stereocenters. The van der Waals surface area contributed by atoms with Crippen LogP contribution >= 0.6 is 0 Å². The Bertz CT molecular complexity index is 1110. The maximum Gasteiger partial charge on any atom is 0.137 e. The molecule has 2 aromatic heterocycles. The van der Waals surface area contributed by atoms with E-state index in [-0.39, 0.29) is 18.7 Å². The first kappa shape index (κ1) is 18.1. The van der Waals surface area contributed by atoms with Gasteiger partial charge in [-0.15, -0.1) is 0 Å². The molecule has 2 heterocycles. The molecule has 2 aromatic carbocycles. The van der Waals surface area contributed by atoms with Crippen LogP contribution < -0.4 is 4.74 Å². The number of halogens is 2. The first-order chi connectivity index (χ1) is 13.5. The predicted octanol–water partition coefficient (Wildman–Crippen LogP) is 2.50. The van der Waals surface area contributed by atoms with Gasteiger partial charge in [-0.25, -0.2) is 23.4 Å². The lowest BCUT2D eigenvalue weighted by molar-refractivity contribution is -0.00449. The van der Waals surface area contributed by atoms with E-state index < -0.39 is 17.2 Å². The molecule has 4 rings (SSSR count). The summed E-state index contributed by atoms with van der Waals surface area (Å²) >= 11 is 0. The Kier molecular flexibility index (Phi) is 4.52. The number of hydrogen-bond donors (Lipinski definition) is 1. The summed E-state index contributed by atoms with van der Waals surface area (Å²) in [6, 6.07) is 8.44. The van der Waals surface area contributed by atoms with Gasteiger partial charge in [0.25, 0.3) is 0 Å². The highest BCUT2D eigenvalue weighted by Gasteiger charge is 2.34. The van der Waals surface area contributed by atoms with Crippen molar-refractivity contribution >= 4 is 11.0 Å². The fourth-order valence-corrected chi connectivity index (χ4v) is 3.24. The van der Waals surface area contributed by atoms with Crippen molar-refractivity contribution in [2.45, 2.75) is 18.7 Å². The second-order valence-corrected chi connectivity index (χ2v) is 6.48. The van der Waals surface area contributed by atoms with Crippen LogP contribution in [0.2, 0.25) is 0 Å². The van der Waals surface area contributed by atoms with Crippen LogP contribution in [-0.4, -0.2) is 36.5 Å². The van der Waals surface area contributed by atoms with E-state index in [4.69, 9.17) is 4.74 Å². The molecule has 0 radical (unpaired) electrons. The molecule has 0 fully saturated rings. The quantitative estimate of drug-likeness (QED) is 0.552. The Balaban J connectivity index is 1.80. The Morgan fingerprint density at radius 2 is 1.96 bits per heavy atom. The van der Waals surface area contributed by atoms with E-state index in [0.717, 1.165) is 12.1 Å². The third-order valence-electron chi connectivity index (χ3n) is 4.58. The number of imidazole rings is 1. The molecule has 0 aliphatic carbocycles. The van der Waals surface area contributed by atoms with Crippen LogP contribution in [0.15, 0.2) is 55.4 Å². The van der Waals surface area contributed by atoms with E-state index in [1.165, 1.54) is 23.4 Å². The second kappa shape index (κ2) is 7.01. The van der Waals surface area contributed by atoms with E-state index in [2.05, 4.69) is 15.1 Å². The smallest absolute Gasteiger partial charge is 0.137 e. The van der Waals surface area contributed by atoms with Gasteiger partial charge < -0.3 is 14.4 Å². The molecule has 9 heteroatoms. The minimum atomic E-state index is -1.73. The van der Waals surface area contributed by atoms with Gasteiger partial charge in [0, 0.05) is 17.7 Å². The molecule has 0 bridgehead atoms. The maximum absolute atomic E-state index is 14.5. The van der Waals surface area contributed by atoms with Gasteiger partial charge in [-0.1, -0.05) is 6.07 Å². The molecule has 0 aliphatic heterocycles. The minimum absolute atomic E-state index is 0.0426. The Labute approximate surface area is 158 Å². The zero-order valence-corrected chi connectivity index (χ0v) is 15.0. The molecule has 28 heavy (non-hydrogen) atoms. The topological polar surface area (TPSA) is 78.0 Å². The second-order valence-electron chi connectivity index (χ2n) is 6.48. The molecule has 1 unspecified atom stereocenters. The number of aliphatic hydroxyl groups is 1. The molecule has 0 spiro atoms. The first-order valence-corrected chi connectivity index (χ1v) is 8.48. The minimum Gasteiger partial charge on any atom is -0.497 e. The molecule has 144 valence electrons. The van der Waals surface area contributed by atoms with Crippen molar-refractivity contribution < 1.29 is 18.6 Å². The van der Waals surface area contributed by atoms with Gasteiger partial charge in [-0.2, -0.15) is 5.10 Å². The van der Waals surface area contributed by atoms with Crippen molar-refractivity contribution in [2.75, 3.05) is 7.11 Å². The fourth-order valence-electron chi connectivity index (χ4n) is 3.24. The van der Waals surface area contributed by atoms with Gasteiger partial charge in [0.2, 0.25) is 0 Å². The van der Waals surface area contributed by atoms with Gasteiger partial charge >= 0.3 is 0 Å². The summed E-state index contributed by atoms with van der Waals surface area (Å²) in [5, 5.41) is 15.5. The number of hydrogen-bond acceptors (Lipinski definition) is 5. The average Bonchev–Trinajstić information content (AvgIpc) is 3.31. The normalized spacial score (nSPS) is 13.6. The van der Waals surface area contributed by atoms with E-state index in [9.17, 15) is 13.9 Å².